The van der Waals surface area contributed by atoms with Crippen LogP contribution in [0.1, 0.15) is 70.6 Å². The quantitative estimate of drug-likeness (QED) is 0.655. The predicted molar refractivity (Wildman–Crippen MR) is 122 cm³/mol. The first-order valence-corrected chi connectivity index (χ1v) is 10.5. The second kappa shape index (κ2) is 7.38. The number of fused-ring (bicyclic) bond motifs is 1. The molecule has 0 saturated heterocycles. The second-order valence-corrected chi connectivity index (χ2v) is 9.10. The normalized spacial score (nSPS) is 16.7. The van der Waals surface area contributed by atoms with Crippen molar-refractivity contribution in [1.29, 1.82) is 0 Å². The van der Waals surface area contributed by atoms with E-state index in [1.807, 2.05) is 38.4 Å². The summed E-state index contributed by atoms with van der Waals surface area (Å²) in [4.78, 5) is 25.8. The average molecular weight is 417 g/mol. The van der Waals surface area contributed by atoms with Gasteiger partial charge in [-0.05, 0) is 53.5 Å². The summed E-state index contributed by atoms with van der Waals surface area (Å²) in [7, 11) is 1.82. The van der Waals surface area contributed by atoms with Gasteiger partial charge in [0.1, 0.15) is 0 Å². The molecule has 3 aromatic rings. The summed E-state index contributed by atoms with van der Waals surface area (Å²) < 4.78 is 1.69. The lowest BCUT2D eigenvalue weighted by Crippen LogP contribution is -2.22. The molecule has 0 fully saturated rings. The molecule has 6 heteroatoms. The van der Waals surface area contributed by atoms with Crippen LogP contribution in [0.3, 0.4) is 0 Å². The van der Waals surface area contributed by atoms with Gasteiger partial charge >= 0.3 is 0 Å². The van der Waals surface area contributed by atoms with Crippen LogP contribution in [0.15, 0.2) is 42.6 Å². The van der Waals surface area contributed by atoms with Crippen molar-refractivity contribution in [2.75, 3.05) is 5.32 Å². The molecular formula is C25H28N4O2. The van der Waals surface area contributed by atoms with E-state index in [0.29, 0.717) is 11.5 Å². The number of nitrogens with one attached hydrogen (secondary N) is 1. The number of rotatable bonds is 4. The third-order valence-electron chi connectivity index (χ3n) is 6.25. The minimum atomic E-state index is -0.638. The zero-order chi connectivity index (χ0) is 22.5. The van der Waals surface area contributed by atoms with E-state index in [1.165, 1.54) is 5.56 Å². The molecule has 1 aliphatic carbocycles. The Kier molecular flexibility index (Phi) is 4.96. The average Bonchev–Trinajstić information content (AvgIpc) is 3.16. The number of aromatic nitrogens is 2. The lowest BCUT2D eigenvalue weighted by molar-refractivity contribution is 0.0977. The summed E-state index contributed by atoms with van der Waals surface area (Å²) in [6, 6.07) is 11.2. The van der Waals surface area contributed by atoms with Crippen LogP contribution in [-0.4, -0.2) is 21.6 Å². The largest absolute Gasteiger partial charge is 0.366 e. The summed E-state index contributed by atoms with van der Waals surface area (Å²) in [6.45, 7) is 8.52. The van der Waals surface area contributed by atoms with Gasteiger partial charge in [0.05, 0.1) is 16.8 Å². The zero-order valence-corrected chi connectivity index (χ0v) is 18.6. The van der Waals surface area contributed by atoms with E-state index < -0.39 is 5.91 Å². The monoisotopic (exact) mass is 416 g/mol. The van der Waals surface area contributed by atoms with Crippen LogP contribution in [0.4, 0.5) is 5.69 Å². The first kappa shape index (κ1) is 20.8. The Balaban J connectivity index is 1.83. The highest BCUT2D eigenvalue weighted by Gasteiger charge is 2.36. The molecule has 4 rings (SSSR count). The summed E-state index contributed by atoms with van der Waals surface area (Å²) >= 11 is 0. The number of benzene rings is 2. The number of amides is 2. The van der Waals surface area contributed by atoms with Crippen molar-refractivity contribution in [2.24, 2.45) is 12.8 Å². The van der Waals surface area contributed by atoms with Crippen LogP contribution in [0.25, 0.3) is 11.1 Å². The summed E-state index contributed by atoms with van der Waals surface area (Å²) in [5, 5.41) is 7.47. The summed E-state index contributed by atoms with van der Waals surface area (Å²) in [5.74, 6) is -0.660. The lowest BCUT2D eigenvalue weighted by Gasteiger charge is -2.20. The Morgan fingerprint density at radius 3 is 2.52 bits per heavy atom. The highest BCUT2D eigenvalue weighted by molar-refractivity contribution is 6.16. The molecule has 3 N–H and O–H groups in total. The fourth-order valence-electron chi connectivity index (χ4n) is 5.05. The van der Waals surface area contributed by atoms with Gasteiger partial charge in [0.15, 0.2) is 0 Å². The highest BCUT2D eigenvalue weighted by atomic mass is 16.2. The van der Waals surface area contributed by atoms with Crippen molar-refractivity contribution in [1.82, 2.24) is 9.78 Å². The number of nitrogens with two attached hydrogens (primary N) is 1. The van der Waals surface area contributed by atoms with Crippen LogP contribution < -0.4 is 11.1 Å². The molecule has 1 aliphatic rings. The fraction of sp³-hybridized carbons (Fsp3) is 0.320. The third-order valence-corrected chi connectivity index (χ3v) is 6.25. The van der Waals surface area contributed by atoms with Gasteiger partial charge in [-0.1, -0.05) is 45.0 Å². The Labute approximate surface area is 182 Å². The number of hydrogen-bond acceptors (Lipinski definition) is 3. The molecule has 1 atom stereocenters. The van der Waals surface area contributed by atoms with Gasteiger partial charge < -0.3 is 11.1 Å². The van der Waals surface area contributed by atoms with Crippen molar-refractivity contribution >= 4 is 17.5 Å². The standard InChI is InChI=1S/C25H28N4O2/c1-14-12-25(3,4)19-10-7-11-20(21(14)19)27-24(31)22-16(8-6-9-17(22)23(26)30)18-13-29(5)28-15(18)2/h6-11,13-14H,12H2,1-5H3,(H2,26,30)(H,27,31)/t14-/m0/s1. The number of carbonyl (C=O) groups is 2. The molecule has 0 radical (unpaired) electrons. The van der Waals surface area contributed by atoms with E-state index in [0.717, 1.165) is 28.9 Å². The van der Waals surface area contributed by atoms with Gasteiger partial charge in [-0.2, -0.15) is 5.10 Å². The lowest BCUT2D eigenvalue weighted by atomic mass is 9.86. The molecule has 1 aromatic heterocycles. The molecule has 0 saturated carbocycles. The van der Waals surface area contributed by atoms with Gasteiger partial charge in [0.2, 0.25) is 5.91 Å². The minimum absolute atomic E-state index is 0.0542. The Morgan fingerprint density at radius 2 is 1.87 bits per heavy atom. The van der Waals surface area contributed by atoms with Crippen molar-refractivity contribution in [3.63, 3.8) is 0 Å². The fourth-order valence-corrected chi connectivity index (χ4v) is 5.05. The minimum Gasteiger partial charge on any atom is -0.366 e. The molecule has 2 amide bonds. The summed E-state index contributed by atoms with van der Waals surface area (Å²) in [5.41, 5.74) is 11.6. The van der Waals surface area contributed by atoms with Gasteiger partial charge in [-0.15, -0.1) is 0 Å². The second-order valence-electron chi connectivity index (χ2n) is 9.10. The van der Waals surface area contributed by atoms with Gasteiger partial charge in [-0.25, -0.2) is 0 Å². The number of hydrogen-bond donors (Lipinski definition) is 2. The molecule has 0 spiro atoms. The van der Waals surface area contributed by atoms with E-state index >= 15 is 0 Å². The Hall–Kier alpha value is -3.41. The third kappa shape index (κ3) is 3.52. The number of nitrogens with zero attached hydrogens (tertiary/aromatic N) is 2. The first-order chi connectivity index (χ1) is 14.6. The summed E-state index contributed by atoms with van der Waals surface area (Å²) in [6.07, 6.45) is 2.87. The number of carbonyl (C=O) groups excluding carboxylic acids is 2. The van der Waals surface area contributed by atoms with Crippen LogP contribution in [0, 0.1) is 6.92 Å². The molecule has 0 aliphatic heterocycles. The zero-order valence-electron chi connectivity index (χ0n) is 18.6. The van der Waals surface area contributed by atoms with Crippen molar-refractivity contribution in [3.05, 3.63) is 70.5 Å². The number of anilines is 1. The molecular weight excluding hydrogens is 388 g/mol. The van der Waals surface area contributed by atoms with Crippen LogP contribution >= 0.6 is 0 Å². The van der Waals surface area contributed by atoms with Crippen LogP contribution in [0.2, 0.25) is 0 Å². The Bertz CT molecular complexity index is 1210. The van der Waals surface area contributed by atoms with E-state index in [1.54, 1.807) is 16.8 Å². The maximum absolute atomic E-state index is 13.6. The van der Waals surface area contributed by atoms with Gasteiger partial charge in [-0.3, -0.25) is 14.3 Å². The SMILES string of the molecule is Cc1nn(C)cc1-c1cccc(C(N)=O)c1C(=O)Nc1cccc2c1[C@@H](C)CC2(C)C. The van der Waals surface area contributed by atoms with E-state index in [9.17, 15) is 9.59 Å². The Morgan fingerprint density at radius 1 is 1.16 bits per heavy atom. The molecule has 6 nitrogen and oxygen atoms in total. The van der Waals surface area contributed by atoms with E-state index in [4.69, 9.17) is 5.73 Å². The molecule has 160 valence electrons. The topological polar surface area (TPSA) is 90.0 Å². The molecule has 31 heavy (non-hydrogen) atoms. The molecule has 0 unspecified atom stereocenters. The first-order valence-electron chi connectivity index (χ1n) is 10.5. The number of aryl methyl sites for hydroxylation is 2. The van der Waals surface area contributed by atoms with Crippen molar-refractivity contribution < 1.29 is 9.59 Å². The van der Waals surface area contributed by atoms with Gasteiger partial charge in [0.25, 0.3) is 5.91 Å². The maximum atomic E-state index is 13.6. The molecule has 2 aromatic carbocycles. The smallest absolute Gasteiger partial charge is 0.257 e. The highest BCUT2D eigenvalue weighted by Crippen LogP contribution is 2.48. The van der Waals surface area contributed by atoms with Crippen LogP contribution in [-0.2, 0) is 12.5 Å². The van der Waals surface area contributed by atoms with Gasteiger partial charge in [0, 0.05) is 24.5 Å². The van der Waals surface area contributed by atoms with Crippen molar-refractivity contribution in [2.45, 2.75) is 45.4 Å². The molecule has 0 bridgehead atoms. The maximum Gasteiger partial charge on any atom is 0.257 e. The number of primary amides is 1. The van der Waals surface area contributed by atoms with Crippen LogP contribution in [0.5, 0.6) is 0 Å². The predicted octanol–water partition coefficient (Wildman–Crippen LogP) is 4.53. The molecule has 1 heterocycles. The van der Waals surface area contributed by atoms with Crippen molar-refractivity contribution in [3.8, 4) is 11.1 Å². The van der Waals surface area contributed by atoms with E-state index in [2.05, 4.69) is 37.3 Å². The van der Waals surface area contributed by atoms with E-state index in [-0.39, 0.29) is 22.4 Å².